The minimum absolute atomic E-state index is 0.0188. The summed E-state index contributed by atoms with van der Waals surface area (Å²) in [5.41, 5.74) is 1.06. The number of likely N-dealkylation sites (N-methyl/N-ethyl adjacent to an activating group) is 1. The molecule has 1 unspecified atom stereocenters. The molecule has 1 fully saturated rings. The summed E-state index contributed by atoms with van der Waals surface area (Å²) in [6, 6.07) is 6.97. The van der Waals surface area contributed by atoms with Crippen LogP contribution in [-0.4, -0.2) is 39.0 Å². The van der Waals surface area contributed by atoms with Crippen LogP contribution in [0.25, 0.3) is 0 Å². The largest absolute Gasteiger partial charge is 0.377 e. The summed E-state index contributed by atoms with van der Waals surface area (Å²) >= 11 is 3.35. The molecule has 20 heavy (non-hydrogen) atoms. The minimum atomic E-state index is -3.43. The third-order valence-corrected chi connectivity index (χ3v) is 6.01. The molecular weight excluding hydrogens is 342 g/mol. The summed E-state index contributed by atoms with van der Waals surface area (Å²) in [7, 11) is -1.81. The number of rotatable bonds is 5. The summed E-state index contributed by atoms with van der Waals surface area (Å²) in [5, 5.41) is 0.721. The number of nitrogens with zero attached hydrogens (tertiary/aromatic N) is 1. The Balaban J connectivity index is 2.07. The van der Waals surface area contributed by atoms with Crippen molar-refractivity contribution in [2.45, 2.75) is 35.6 Å². The lowest BCUT2D eigenvalue weighted by atomic mass is 10.1. The molecule has 0 aromatic heterocycles. The molecule has 1 aromatic carbocycles. The smallest absolute Gasteiger partial charge is 0.242 e. The Kier molecular flexibility index (Phi) is 5.60. The zero-order chi connectivity index (χ0) is 14.6. The van der Waals surface area contributed by atoms with E-state index in [0.29, 0.717) is 11.4 Å². The summed E-state index contributed by atoms with van der Waals surface area (Å²) < 4.78 is 31.9. The molecule has 1 atom stereocenters. The Bertz CT molecular complexity index is 524. The Morgan fingerprint density at radius 3 is 2.55 bits per heavy atom. The van der Waals surface area contributed by atoms with Gasteiger partial charge in [0.15, 0.2) is 0 Å². The zero-order valence-electron chi connectivity index (χ0n) is 11.6. The normalized spacial score (nSPS) is 20.2. The van der Waals surface area contributed by atoms with E-state index in [9.17, 15) is 8.42 Å². The van der Waals surface area contributed by atoms with Gasteiger partial charge in [0.25, 0.3) is 0 Å². The van der Waals surface area contributed by atoms with E-state index in [1.165, 1.54) is 4.31 Å². The highest BCUT2D eigenvalue weighted by atomic mass is 79.9. The van der Waals surface area contributed by atoms with Crippen LogP contribution in [0.3, 0.4) is 0 Å². The third-order valence-electron chi connectivity index (χ3n) is 3.52. The van der Waals surface area contributed by atoms with E-state index in [1.807, 2.05) is 12.1 Å². The Morgan fingerprint density at radius 1 is 1.30 bits per heavy atom. The molecule has 1 heterocycles. The zero-order valence-corrected chi connectivity index (χ0v) is 14.0. The van der Waals surface area contributed by atoms with Gasteiger partial charge in [0.2, 0.25) is 10.0 Å². The maximum Gasteiger partial charge on any atom is 0.242 e. The lowest BCUT2D eigenvalue weighted by molar-refractivity contribution is 0.00858. The quantitative estimate of drug-likeness (QED) is 0.757. The van der Waals surface area contributed by atoms with Crippen molar-refractivity contribution < 1.29 is 13.2 Å². The van der Waals surface area contributed by atoms with Gasteiger partial charge in [-0.05, 0) is 37.0 Å². The molecule has 2 rings (SSSR count). The van der Waals surface area contributed by atoms with Crippen LogP contribution in [0.1, 0.15) is 24.8 Å². The van der Waals surface area contributed by atoms with Gasteiger partial charge in [-0.25, -0.2) is 8.42 Å². The van der Waals surface area contributed by atoms with Crippen LogP contribution in [0.15, 0.2) is 29.2 Å². The average molecular weight is 362 g/mol. The maximum atomic E-state index is 12.5. The number of ether oxygens (including phenoxy) is 1. The van der Waals surface area contributed by atoms with Crippen molar-refractivity contribution in [1.82, 2.24) is 4.31 Å². The first-order chi connectivity index (χ1) is 9.54. The van der Waals surface area contributed by atoms with Crippen LogP contribution in [0, 0.1) is 0 Å². The third kappa shape index (κ3) is 3.81. The summed E-state index contributed by atoms with van der Waals surface area (Å²) in [5.74, 6) is 0. The van der Waals surface area contributed by atoms with Crippen molar-refractivity contribution in [3.8, 4) is 0 Å². The van der Waals surface area contributed by atoms with Gasteiger partial charge in [0, 0.05) is 25.5 Å². The molecule has 1 aromatic rings. The molecule has 0 saturated carbocycles. The fourth-order valence-electron chi connectivity index (χ4n) is 2.27. The lowest BCUT2D eigenvalue weighted by Gasteiger charge is -2.27. The molecule has 0 radical (unpaired) electrons. The van der Waals surface area contributed by atoms with Crippen LogP contribution in [0.2, 0.25) is 0 Å². The molecular formula is C14H20BrNO3S. The number of halogens is 1. The number of hydrogen-bond acceptors (Lipinski definition) is 3. The van der Waals surface area contributed by atoms with Crippen LogP contribution in [0.4, 0.5) is 0 Å². The molecule has 0 amide bonds. The highest BCUT2D eigenvalue weighted by Gasteiger charge is 2.25. The maximum absolute atomic E-state index is 12.5. The number of sulfonamides is 1. The predicted octanol–water partition coefficient (Wildman–Crippen LogP) is 2.77. The van der Waals surface area contributed by atoms with Crippen molar-refractivity contribution in [2.24, 2.45) is 0 Å². The van der Waals surface area contributed by atoms with E-state index in [1.54, 1.807) is 19.2 Å². The van der Waals surface area contributed by atoms with Crippen LogP contribution < -0.4 is 0 Å². The molecule has 1 aliphatic rings. The summed E-state index contributed by atoms with van der Waals surface area (Å²) in [6.07, 6.45) is 3.13. The van der Waals surface area contributed by atoms with Crippen molar-refractivity contribution >= 4 is 26.0 Å². The van der Waals surface area contributed by atoms with E-state index < -0.39 is 10.0 Å². The van der Waals surface area contributed by atoms with Gasteiger partial charge in [0.1, 0.15) is 0 Å². The first kappa shape index (κ1) is 15.9. The highest BCUT2D eigenvalue weighted by molar-refractivity contribution is 9.08. The molecule has 112 valence electrons. The average Bonchev–Trinajstić information content (AvgIpc) is 2.48. The number of alkyl halides is 1. The lowest BCUT2D eigenvalue weighted by Crippen LogP contribution is -2.37. The van der Waals surface area contributed by atoms with E-state index >= 15 is 0 Å². The van der Waals surface area contributed by atoms with Gasteiger partial charge < -0.3 is 4.74 Å². The molecule has 0 spiro atoms. The molecule has 6 heteroatoms. The monoisotopic (exact) mass is 361 g/mol. The Labute approximate surface area is 129 Å². The second-order valence-electron chi connectivity index (χ2n) is 5.05. The topological polar surface area (TPSA) is 46.6 Å². The number of hydrogen-bond donors (Lipinski definition) is 0. The molecule has 0 bridgehead atoms. The highest BCUT2D eigenvalue weighted by Crippen LogP contribution is 2.19. The second-order valence-corrected chi connectivity index (χ2v) is 7.66. The number of benzene rings is 1. The van der Waals surface area contributed by atoms with Gasteiger partial charge in [-0.2, -0.15) is 4.31 Å². The first-order valence-electron chi connectivity index (χ1n) is 6.77. The standard InChI is InChI=1S/C14H20BrNO3S/c1-16(11-13-4-2-3-9-19-13)20(17,18)14-7-5-12(10-15)6-8-14/h5-8,13H,2-4,9-11H2,1H3. The van der Waals surface area contributed by atoms with Gasteiger partial charge in [-0.15, -0.1) is 0 Å². The van der Waals surface area contributed by atoms with E-state index in [4.69, 9.17) is 4.74 Å². The first-order valence-corrected chi connectivity index (χ1v) is 9.33. The van der Waals surface area contributed by atoms with E-state index in [-0.39, 0.29) is 6.10 Å². The van der Waals surface area contributed by atoms with Crippen LogP contribution in [-0.2, 0) is 20.1 Å². The fourth-order valence-corrected chi connectivity index (χ4v) is 3.84. The van der Waals surface area contributed by atoms with Crippen molar-refractivity contribution in [3.63, 3.8) is 0 Å². The SMILES string of the molecule is CN(CC1CCCCO1)S(=O)(=O)c1ccc(CBr)cc1. The molecule has 4 nitrogen and oxygen atoms in total. The molecule has 1 saturated heterocycles. The summed E-state index contributed by atoms with van der Waals surface area (Å²) in [4.78, 5) is 0.334. The molecule has 0 aliphatic carbocycles. The van der Waals surface area contributed by atoms with Crippen LogP contribution in [0.5, 0.6) is 0 Å². The van der Waals surface area contributed by atoms with E-state index in [0.717, 1.165) is 36.8 Å². The fraction of sp³-hybridized carbons (Fsp3) is 0.571. The van der Waals surface area contributed by atoms with Gasteiger partial charge in [-0.1, -0.05) is 28.1 Å². The Hall–Kier alpha value is -0.430. The minimum Gasteiger partial charge on any atom is -0.377 e. The van der Waals surface area contributed by atoms with Gasteiger partial charge in [-0.3, -0.25) is 0 Å². The van der Waals surface area contributed by atoms with Crippen molar-refractivity contribution in [2.75, 3.05) is 20.2 Å². The van der Waals surface area contributed by atoms with Crippen molar-refractivity contribution in [1.29, 1.82) is 0 Å². The predicted molar refractivity (Wildman–Crippen MR) is 82.5 cm³/mol. The molecule has 0 N–H and O–H groups in total. The van der Waals surface area contributed by atoms with E-state index in [2.05, 4.69) is 15.9 Å². The van der Waals surface area contributed by atoms with Gasteiger partial charge >= 0.3 is 0 Å². The summed E-state index contributed by atoms with van der Waals surface area (Å²) in [6.45, 7) is 1.15. The molecule has 1 aliphatic heterocycles. The second kappa shape index (κ2) is 7.02. The Morgan fingerprint density at radius 2 is 2.00 bits per heavy atom. The van der Waals surface area contributed by atoms with Crippen LogP contribution >= 0.6 is 15.9 Å². The van der Waals surface area contributed by atoms with Crippen molar-refractivity contribution in [3.05, 3.63) is 29.8 Å². The van der Waals surface area contributed by atoms with Gasteiger partial charge in [0.05, 0.1) is 11.0 Å².